The molecule has 1 amide bonds. The fourth-order valence-electron chi connectivity index (χ4n) is 2.95. The van der Waals surface area contributed by atoms with Crippen molar-refractivity contribution < 1.29 is 4.79 Å². The first-order valence-corrected chi connectivity index (χ1v) is 7.49. The van der Waals surface area contributed by atoms with Crippen LogP contribution in [0.5, 0.6) is 0 Å². The first kappa shape index (κ1) is 14.6. The molecule has 1 atom stereocenters. The smallest absolute Gasteiger partial charge is 0.244 e. The third-order valence-corrected chi connectivity index (χ3v) is 4.13. The Morgan fingerprint density at radius 2 is 2.00 bits per heavy atom. The standard InChI is InChI=1S/C17H22N2O/c1-2-6-14-9-11-19(12-10-14)17(20)16(13-18)15-7-4-3-5-8-15/h3-5,7-8,14,16H,2,6,9-12H2,1H3. The molecule has 0 N–H and O–H groups in total. The summed E-state index contributed by atoms with van der Waals surface area (Å²) in [6, 6.07) is 11.5. The Kier molecular flexibility index (Phi) is 5.17. The number of piperidine rings is 1. The van der Waals surface area contributed by atoms with Crippen molar-refractivity contribution in [2.45, 2.75) is 38.5 Å². The Labute approximate surface area is 121 Å². The lowest BCUT2D eigenvalue weighted by Gasteiger charge is -2.33. The van der Waals surface area contributed by atoms with E-state index >= 15 is 0 Å². The summed E-state index contributed by atoms with van der Waals surface area (Å²) in [4.78, 5) is 14.4. The first-order valence-electron chi connectivity index (χ1n) is 7.49. The maximum atomic E-state index is 12.5. The van der Waals surface area contributed by atoms with E-state index in [4.69, 9.17) is 0 Å². The number of benzene rings is 1. The summed E-state index contributed by atoms with van der Waals surface area (Å²) in [5.41, 5.74) is 0.802. The molecule has 1 heterocycles. The molecule has 1 unspecified atom stereocenters. The molecule has 0 aliphatic carbocycles. The zero-order chi connectivity index (χ0) is 14.4. The zero-order valence-electron chi connectivity index (χ0n) is 12.1. The fourth-order valence-corrected chi connectivity index (χ4v) is 2.95. The van der Waals surface area contributed by atoms with E-state index in [1.807, 2.05) is 35.2 Å². The van der Waals surface area contributed by atoms with Crippen molar-refractivity contribution >= 4 is 5.91 Å². The summed E-state index contributed by atoms with van der Waals surface area (Å²) in [7, 11) is 0. The SMILES string of the molecule is CCCC1CCN(C(=O)C(C#N)c2ccccc2)CC1. The molecule has 2 rings (SSSR count). The van der Waals surface area contributed by atoms with Gasteiger partial charge in [0.25, 0.3) is 0 Å². The first-order chi connectivity index (χ1) is 9.76. The van der Waals surface area contributed by atoms with Gasteiger partial charge in [0, 0.05) is 13.1 Å². The molecule has 0 saturated carbocycles. The molecule has 1 saturated heterocycles. The highest BCUT2D eigenvalue weighted by atomic mass is 16.2. The molecule has 0 spiro atoms. The monoisotopic (exact) mass is 270 g/mol. The number of hydrogen-bond donors (Lipinski definition) is 0. The van der Waals surface area contributed by atoms with Crippen molar-refractivity contribution in [2.24, 2.45) is 5.92 Å². The van der Waals surface area contributed by atoms with Crippen LogP contribution in [-0.2, 0) is 4.79 Å². The number of carbonyl (C=O) groups excluding carboxylic acids is 1. The second-order valence-corrected chi connectivity index (χ2v) is 5.53. The number of nitriles is 1. The van der Waals surface area contributed by atoms with Crippen molar-refractivity contribution in [3.05, 3.63) is 35.9 Å². The van der Waals surface area contributed by atoms with Crippen LogP contribution in [-0.4, -0.2) is 23.9 Å². The third kappa shape index (κ3) is 3.39. The van der Waals surface area contributed by atoms with E-state index in [-0.39, 0.29) is 5.91 Å². The molecule has 106 valence electrons. The van der Waals surface area contributed by atoms with Gasteiger partial charge in [0.15, 0.2) is 0 Å². The highest BCUT2D eigenvalue weighted by molar-refractivity contribution is 5.86. The minimum atomic E-state index is -0.654. The highest BCUT2D eigenvalue weighted by Crippen LogP contribution is 2.25. The van der Waals surface area contributed by atoms with Gasteiger partial charge in [-0.05, 0) is 24.3 Å². The van der Waals surface area contributed by atoms with E-state index in [1.165, 1.54) is 12.8 Å². The number of amides is 1. The normalized spacial score (nSPS) is 17.5. The second kappa shape index (κ2) is 7.09. The quantitative estimate of drug-likeness (QED) is 0.842. The molecule has 0 radical (unpaired) electrons. The minimum absolute atomic E-state index is 0.0337. The van der Waals surface area contributed by atoms with Gasteiger partial charge >= 0.3 is 0 Å². The summed E-state index contributed by atoms with van der Waals surface area (Å²) in [6.07, 6.45) is 4.62. The zero-order valence-corrected chi connectivity index (χ0v) is 12.1. The average molecular weight is 270 g/mol. The predicted octanol–water partition coefficient (Wildman–Crippen LogP) is 3.33. The van der Waals surface area contributed by atoms with Crippen LogP contribution in [0.1, 0.15) is 44.1 Å². The topological polar surface area (TPSA) is 44.1 Å². The van der Waals surface area contributed by atoms with Crippen molar-refractivity contribution in [1.82, 2.24) is 4.90 Å². The van der Waals surface area contributed by atoms with E-state index in [0.717, 1.165) is 37.4 Å². The highest BCUT2D eigenvalue weighted by Gasteiger charge is 2.28. The van der Waals surface area contributed by atoms with E-state index in [1.54, 1.807) is 0 Å². The van der Waals surface area contributed by atoms with Gasteiger partial charge in [0.2, 0.25) is 5.91 Å². The number of carbonyl (C=O) groups is 1. The van der Waals surface area contributed by atoms with Crippen LogP contribution in [0.2, 0.25) is 0 Å². The number of rotatable bonds is 4. The summed E-state index contributed by atoms with van der Waals surface area (Å²) < 4.78 is 0. The lowest BCUT2D eigenvalue weighted by Crippen LogP contribution is -2.40. The molecule has 1 aliphatic heterocycles. The van der Waals surface area contributed by atoms with Gasteiger partial charge < -0.3 is 4.90 Å². The molecule has 1 aliphatic rings. The van der Waals surface area contributed by atoms with Crippen LogP contribution in [0, 0.1) is 17.2 Å². The van der Waals surface area contributed by atoms with Crippen LogP contribution in [0.3, 0.4) is 0 Å². The van der Waals surface area contributed by atoms with Crippen LogP contribution < -0.4 is 0 Å². The van der Waals surface area contributed by atoms with Crippen LogP contribution >= 0.6 is 0 Å². The van der Waals surface area contributed by atoms with Gasteiger partial charge in [-0.1, -0.05) is 50.1 Å². The van der Waals surface area contributed by atoms with Crippen LogP contribution in [0.15, 0.2) is 30.3 Å². The minimum Gasteiger partial charge on any atom is -0.341 e. The summed E-state index contributed by atoms with van der Waals surface area (Å²) in [5, 5.41) is 9.32. The molecule has 0 bridgehead atoms. The van der Waals surface area contributed by atoms with Crippen LogP contribution in [0.25, 0.3) is 0 Å². The maximum absolute atomic E-state index is 12.5. The Bertz CT molecular complexity index is 470. The molecule has 1 aromatic carbocycles. The predicted molar refractivity (Wildman–Crippen MR) is 79.0 cm³/mol. The third-order valence-electron chi connectivity index (χ3n) is 4.13. The van der Waals surface area contributed by atoms with Crippen molar-refractivity contribution in [1.29, 1.82) is 5.26 Å². The van der Waals surface area contributed by atoms with E-state index in [0.29, 0.717) is 0 Å². The number of nitrogens with zero attached hydrogens (tertiary/aromatic N) is 2. The lowest BCUT2D eigenvalue weighted by atomic mass is 9.91. The van der Waals surface area contributed by atoms with Crippen molar-refractivity contribution in [3.8, 4) is 6.07 Å². The molecule has 20 heavy (non-hydrogen) atoms. The summed E-state index contributed by atoms with van der Waals surface area (Å²) in [6.45, 7) is 3.81. The molecule has 0 aromatic heterocycles. The van der Waals surface area contributed by atoms with Gasteiger partial charge in [0.05, 0.1) is 6.07 Å². The van der Waals surface area contributed by atoms with Gasteiger partial charge in [0.1, 0.15) is 5.92 Å². The molecule has 1 aromatic rings. The number of likely N-dealkylation sites (tertiary alicyclic amines) is 1. The lowest BCUT2D eigenvalue weighted by molar-refractivity contribution is -0.132. The van der Waals surface area contributed by atoms with Gasteiger partial charge in [-0.25, -0.2) is 0 Å². The fraction of sp³-hybridized carbons (Fsp3) is 0.529. The van der Waals surface area contributed by atoms with Crippen molar-refractivity contribution in [3.63, 3.8) is 0 Å². The molecule has 1 fully saturated rings. The Morgan fingerprint density at radius 1 is 1.35 bits per heavy atom. The average Bonchev–Trinajstić information content (AvgIpc) is 2.50. The Morgan fingerprint density at radius 3 is 2.55 bits per heavy atom. The molecular weight excluding hydrogens is 248 g/mol. The largest absolute Gasteiger partial charge is 0.341 e. The molecule has 3 nitrogen and oxygen atoms in total. The summed E-state index contributed by atoms with van der Waals surface area (Å²) in [5.74, 6) is 0.0638. The Balaban J connectivity index is 1.99. The van der Waals surface area contributed by atoms with Gasteiger partial charge in [-0.2, -0.15) is 5.26 Å². The molecular formula is C17H22N2O. The van der Waals surface area contributed by atoms with E-state index in [2.05, 4.69) is 13.0 Å². The van der Waals surface area contributed by atoms with Gasteiger partial charge in [-0.15, -0.1) is 0 Å². The Hall–Kier alpha value is -1.82. The molecule has 3 heteroatoms. The van der Waals surface area contributed by atoms with Crippen molar-refractivity contribution in [2.75, 3.05) is 13.1 Å². The van der Waals surface area contributed by atoms with Crippen LogP contribution in [0.4, 0.5) is 0 Å². The van der Waals surface area contributed by atoms with E-state index in [9.17, 15) is 10.1 Å². The number of hydrogen-bond acceptors (Lipinski definition) is 2. The second-order valence-electron chi connectivity index (χ2n) is 5.53. The maximum Gasteiger partial charge on any atom is 0.244 e. The van der Waals surface area contributed by atoms with E-state index < -0.39 is 5.92 Å². The summed E-state index contributed by atoms with van der Waals surface area (Å²) >= 11 is 0. The van der Waals surface area contributed by atoms with Gasteiger partial charge in [-0.3, -0.25) is 4.79 Å².